The molecule has 4 nitrogen and oxygen atoms in total. The molecule has 0 aliphatic heterocycles. The lowest BCUT2D eigenvalue weighted by molar-refractivity contribution is -0.0281. The van der Waals surface area contributed by atoms with Crippen LogP contribution in [0.25, 0.3) is 0 Å². The Morgan fingerprint density at radius 2 is 1.97 bits per heavy atom. The minimum Gasteiger partial charge on any atom is -0.508 e. The Balaban J connectivity index is 1.35. The van der Waals surface area contributed by atoms with Crippen LogP contribution in [0.5, 0.6) is 5.75 Å². The molecule has 5 rings (SSSR count). The number of phenolic OH excluding ortho intramolecular Hbond substituents is 1. The number of hydrogen-bond donors (Lipinski definition) is 4. The molecular formula is C26H33NO3. The fourth-order valence-electron chi connectivity index (χ4n) is 6.85. The predicted molar refractivity (Wildman–Crippen MR) is 117 cm³/mol. The van der Waals surface area contributed by atoms with Gasteiger partial charge in [0.05, 0.1) is 12.7 Å². The monoisotopic (exact) mass is 407 g/mol. The topological polar surface area (TPSA) is 72.7 Å². The molecule has 2 aromatic rings. The number of benzene rings is 2. The van der Waals surface area contributed by atoms with Crippen molar-refractivity contribution in [2.24, 2.45) is 17.3 Å². The Bertz CT molecular complexity index is 928. The zero-order chi connectivity index (χ0) is 20.9. The van der Waals surface area contributed by atoms with Crippen molar-refractivity contribution in [2.75, 3.05) is 0 Å². The second-order valence-corrected chi connectivity index (χ2v) is 9.95. The second kappa shape index (κ2) is 7.67. The van der Waals surface area contributed by atoms with Gasteiger partial charge < -0.3 is 20.6 Å². The van der Waals surface area contributed by atoms with Gasteiger partial charge in [-0.05, 0) is 78.0 Å². The fraction of sp³-hybridized carbons (Fsp3) is 0.538. The first-order valence-electron chi connectivity index (χ1n) is 11.4. The number of hydrogen-bond acceptors (Lipinski definition) is 4. The van der Waals surface area contributed by atoms with Gasteiger partial charge >= 0.3 is 0 Å². The molecule has 0 heterocycles. The van der Waals surface area contributed by atoms with Gasteiger partial charge in [-0.25, -0.2) is 0 Å². The van der Waals surface area contributed by atoms with E-state index in [1.54, 1.807) is 6.07 Å². The number of aromatic hydroxyl groups is 1. The normalized spacial score (nSPS) is 34.8. The first-order valence-corrected chi connectivity index (χ1v) is 11.4. The summed E-state index contributed by atoms with van der Waals surface area (Å²) in [6.45, 7) is 2.99. The molecule has 2 saturated carbocycles. The molecule has 4 N–H and O–H groups in total. The maximum absolute atomic E-state index is 11.3. The van der Waals surface area contributed by atoms with E-state index in [0.717, 1.165) is 36.8 Å². The molecule has 0 radical (unpaired) electrons. The van der Waals surface area contributed by atoms with Crippen molar-refractivity contribution in [2.45, 2.75) is 70.2 Å². The van der Waals surface area contributed by atoms with E-state index in [4.69, 9.17) is 0 Å². The predicted octanol–water partition coefficient (Wildman–Crippen LogP) is 3.87. The van der Waals surface area contributed by atoms with Gasteiger partial charge in [0.15, 0.2) is 0 Å². The lowest BCUT2D eigenvalue weighted by Gasteiger charge is -2.50. The molecule has 3 aliphatic carbocycles. The molecule has 30 heavy (non-hydrogen) atoms. The molecule has 2 aromatic carbocycles. The summed E-state index contributed by atoms with van der Waals surface area (Å²) in [7, 11) is 0. The lowest BCUT2D eigenvalue weighted by atomic mass is 9.55. The van der Waals surface area contributed by atoms with Crippen molar-refractivity contribution >= 4 is 0 Å². The Hall–Kier alpha value is -1.88. The van der Waals surface area contributed by atoms with Gasteiger partial charge in [0.25, 0.3) is 0 Å². The van der Waals surface area contributed by atoms with E-state index >= 15 is 0 Å². The SMILES string of the molecule is C[C@@]12CCC3c4ccc(CO)cc4CCC3C1C[C@@H](NCc1ccccc1O)[C@@H]2O. The van der Waals surface area contributed by atoms with Crippen LogP contribution in [0, 0.1) is 17.3 Å². The van der Waals surface area contributed by atoms with Gasteiger partial charge in [0, 0.05) is 18.2 Å². The van der Waals surface area contributed by atoms with Crippen LogP contribution in [0.4, 0.5) is 0 Å². The number of aryl methyl sites for hydroxylation is 1. The van der Waals surface area contributed by atoms with Crippen LogP contribution in [0.1, 0.15) is 60.8 Å². The Morgan fingerprint density at radius 3 is 2.77 bits per heavy atom. The highest BCUT2D eigenvalue weighted by Crippen LogP contribution is 2.60. The third-order valence-corrected chi connectivity index (χ3v) is 8.52. The second-order valence-electron chi connectivity index (χ2n) is 9.95. The van der Waals surface area contributed by atoms with Crippen molar-refractivity contribution in [1.82, 2.24) is 5.32 Å². The quantitative estimate of drug-likeness (QED) is 0.621. The van der Waals surface area contributed by atoms with E-state index < -0.39 is 0 Å². The first kappa shape index (κ1) is 20.0. The number of rotatable bonds is 4. The van der Waals surface area contributed by atoms with Crippen molar-refractivity contribution in [3.05, 3.63) is 64.7 Å². The van der Waals surface area contributed by atoms with Crippen molar-refractivity contribution < 1.29 is 15.3 Å². The molecular weight excluding hydrogens is 374 g/mol. The smallest absolute Gasteiger partial charge is 0.120 e. The van der Waals surface area contributed by atoms with Crippen LogP contribution in [0.2, 0.25) is 0 Å². The molecule has 6 atom stereocenters. The molecule has 2 fully saturated rings. The van der Waals surface area contributed by atoms with Crippen LogP contribution in [0.15, 0.2) is 42.5 Å². The van der Waals surface area contributed by atoms with E-state index in [2.05, 4.69) is 30.4 Å². The zero-order valence-electron chi connectivity index (χ0n) is 17.7. The third-order valence-electron chi connectivity index (χ3n) is 8.52. The van der Waals surface area contributed by atoms with E-state index in [-0.39, 0.29) is 24.2 Å². The Labute approximate surface area is 179 Å². The Kier molecular flexibility index (Phi) is 5.12. The van der Waals surface area contributed by atoms with Crippen LogP contribution in [-0.2, 0) is 19.6 Å². The average Bonchev–Trinajstić information content (AvgIpc) is 3.03. The highest BCUT2D eigenvalue weighted by Gasteiger charge is 2.57. The fourth-order valence-corrected chi connectivity index (χ4v) is 6.85. The number of nitrogens with one attached hydrogen (secondary N) is 1. The van der Waals surface area contributed by atoms with Gasteiger partial charge in [-0.15, -0.1) is 0 Å². The molecule has 4 heteroatoms. The molecule has 160 valence electrons. The van der Waals surface area contributed by atoms with E-state index in [1.165, 1.54) is 17.5 Å². The van der Waals surface area contributed by atoms with Crippen molar-refractivity contribution in [1.29, 1.82) is 0 Å². The number of aliphatic hydroxyl groups is 2. The summed E-state index contributed by atoms with van der Waals surface area (Å²) in [6.07, 6.45) is 5.07. The number of phenols is 1. The largest absolute Gasteiger partial charge is 0.508 e. The standard InChI is InChI=1S/C26H33NO3/c1-26-11-10-20-19-8-6-16(15-28)12-17(19)7-9-21(20)22(26)13-23(25(26)30)27-14-18-4-2-3-5-24(18)29/h2-6,8,12,20-23,25,27-30H,7,9-11,13-15H2,1H3/t20?,21?,22?,23-,25+,26-/m1/s1. The van der Waals surface area contributed by atoms with Crippen molar-refractivity contribution in [3.8, 4) is 5.75 Å². The van der Waals surface area contributed by atoms with Gasteiger partial charge in [-0.1, -0.05) is 43.3 Å². The maximum Gasteiger partial charge on any atom is 0.120 e. The molecule has 0 bridgehead atoms. The molecule has 0 amide bonds. The summed E-state index contributed by atoms with van der Waals surface area (Å²) in [5.74, 6) is 2.01. The molecule has 0 spiro atoms. The number of fused-ring (bicyclic) bond motifs is 5. The highest BCUT2D eigenvalue weighted by atomic mass is 16.3. The summed E-state index contributed by atoms with van der Waals surface area (Å²) < 4.78 is 0. The van der Waals surface area contributed by atoms with E-state index in [0.29, 0.717) is 30.0 Å². The number of aliphatic hydroxyl groups excluding tert-OH is 2. The molecule has 0 aromatic heterocycles. The highest BCUT2D eigenvalue weighted by molar-refractivity contribution is 5.38. The van der Waals surface area contributed by atoms with Gasteiger partial charge in [-0.2, -0.15) is 0 Å². The Morgan fingerprint density at radius 1 is 1.13 bits per heavy atom. The third kappa shape index (κ3) is 3.17. The van der Waals surface area contributed by atoms with Crippen molar-refractivity contribution in [3.63, 3.8) is 0 Å². The van der Waals surface area contributed by atoms with Crippen LogP contribution < -0.4 is 5.32 Å². The minimum absolute atomic E-state index is 0.0416. The average molecular weight is 408 g/mol. The van der Waals surface area contributed by atoms with Gasteiger partial charge in [0.1, 0.15) is 5.75 Å². The minimum atomic E-state index is -0.354. The lowest BCUT2D eigenvalue weighted by Crippen LogP contribution is -2.46. The summed E-state index contributed by atoms with van der Waals surface area (Å²) in [6, 6.07) is 14.0. The molecule has 3 unspecified atom stereocenters. The van der Waals surface area contributed by atoms with Gasteiger partial charge in [0.2, 0.25) is 0 Å². The zero-order valence-corrected chi connectivity index (χ0v) is 17.7. The van der Waals surface area contributed by atoms with E-state index in [1.807, 2.05) is 18.2 Å². The van der Waals surface area contributed by atoms with Gasteiger partial charge in [-0.3, -0.25) is 0 Å². The summed E-state index contributed by atoms with van der Waals surface area (Å²) in [5.41, 5.74) is 4.75. The van der Waals surface area contributed by atoms with E-state index in [9.17, 15) is 15.3 Å². The van der Waals surface area contributed by atoms with Crippen LogP contribution >= 0.6 is 0 Å². The summed E-state index contributed by atoms with van der Waals surface area (Å²) in [5, 5.41) is 34.4. The number of para-hydroxylation sites is 1. The molecule has 0 saturated heterocycles. The summed E-state index contributed by atoms with van der Waals surface area (Å²) in [4.78, 5) is 0. The first-order chi connectivity index (χ1) is 14.5. The van der Waals surface area contributed by atoms with Crippen LogP contribution in [-0.4, -0.2) is 27.5 Å². The van der Waals surface area contributed by atoms with Crippen LogP contribution in [0.3, 0.4) is 0 Å². The maximum atomic E-state index is 11.3. The summed E-state index contributed by atoms with van der Waals surface area (Å²) >= 11 is 0. The molecule has 3 aliphatic rings.